The zero-order valence-corrected chi connectivity index (χ0v) is 13.1. The minimum absolute atomic E-state index is 0.137. The van der Waals surface area contributed by atoms with Crippen LogP contribution in [0.15, 0.2) is 18.2 Å². The van der Waals surface area contributed by atoms with Crippen LogP contribution < -0.4 is 4.90 Å². The zero-order valence-electron chi connectivity index (χ0n) is 11.5. The van der Waals surface area contributed by atoms with Gasteiger partial charge in [0.25, 0.3) is 5.69 Å². The number of rotatable bonds is 5. The highest BCUT2D eigenvalue weighted by Gasteiger charge is 2.18. The third-order valence-corrected chi connectivity index (χ3v) is 4.22. The number of non-ortho nitro benzene ring substituents is 1. The van der Waals surface area contributed by atoms with Crippen molar-refractivity contribution in [3.8, 4) is 0 Å². The lowest BCUT2D eigenvalue weighted by Crippen LogP contribution is -2.31. The number of alkyl halides is 1. The van der Waals surface area contributed by atoms with Gasteiger partial charge in [-0.05, 0) is 30.4 Å². The summed E-state index contributed by atoms with van der Waals surface area (Å²) >= 11 is 3.41. The van der Waals surface area contributed by atoms with Crippen LogP contribution in [0.2, 0.25) is 0 Å². The number of benzene rings is 1. The molecule has 1 aromatic rings. The van der Waals surface area contributed by atoms with Crippen molar-refractivity contribution in [2.24, 2.45) is 5.92 Å². The van der Waals surface area contributed by atoms with Crippen LogP contribution in [0, 0.1) is 16.0 Å². The predicted molar refractivity (Wildman–Crippen MR) is 82.5 cm³/mol. The summed E-state index contributed by atoms with van der Waals surface area (Å²) in [5.74, 6) is 0.534. The second-order valence-electron chi connectivity index (χ2n) is 5.17. The Kier molecular flexibility index (Phi) is 5.37. The molecule has 0 radical (unpaired) electrons. The molecule has 110 valence electrons. The fourth-order valence-electron chi connectivity index (χ4n) is 2.60. The molecular formula is C14H19BrN2O3. The molecule has 0 spiro atoms. The van der Waals surface area contributed by atoms with Crippen molar-refractivity contribution >= 4 is 27.3 Å². The monoisotopic (exact) mass is 342 g/mol. The van der Waals surface area contributed by atoms with E-state index in [-0.39, 0.29) is 10.6 Å². The summed E-state index contributed by atoms with van der Waals surface area (Å²) in [4.78, 5) is 12.6. The summed E-state index contributed by atoms with van der Waals surface area (Å²) in [6.45, 7) is 2.59. The Labute approximate surface area is 127 Å². The minimum atomic E-state index is -0.356. The highest BCUT2D eigenvalue weighted by Crippen LogP contribution is 2.28. The van der Waals surface area contributed by atoms with Crippen molar-refractivity contribution in [2.45, 2.75) is 18.2 Å². The SMILES string of the molecule is CN(CC1CCCOC1)c1ccc([N+](=O)[O-])cc1CBr. The van der Waals surface area contributed by atoms with Crippen molar-refractivity contribution in [1.29, 1.82) is 0 Å². The van der Waals surface area contributed by atoms with Crippen LogP contribution in [0.3, 0.4) is 0 Å². The molecule has 5 nitrogen and oxygen atoms in total. The molecule has 0 aromatic heterocycles. The van der Waals surface area contributed by atoms with Crippen LogP contribution in [0.1, 0.15) is 18.4 Å². The lowest BCUT2D eigenvalue weighted by atomic mass is 10.0. The molecule has 6 heteroatoms. The van der Waals surface area contributed by atoms with E-state index in [0.717, 1.165) is 37.4 Å². The maximum atomic E-state index is 10.8. The first-order valence-electron chi connectivity index (χ1n) is 6.74. The van der Waals surface area contributed by atoms with E-state index in [4.69, 9.17) is 4.74 Å². The average Bonchev–Trinajstić information content (AvgIpc) is 2.47. The Morgan fingerprint density at radius 2 is 2.35 bits per heavy atom. The minimum Gasteiger partial charge on any atom is -0.381 e. The molecule has 1 fully saturated rings. The summed E-state index contributed by atoms with van der Waals surface area (Å²) in [6, 6.07) is 5.03. The number of nitrogens with zero attached hydrogens (tertiary/aromatic N) is 2. The smallest absolute Gasteiger partial charge is 0.269 e. The van der Waals surface area contributed by atoms with Gasteiger partial charge in [-0.3, -0.25) is 10.1 Å². The lowest BCUT2D eigenvalue weighted by Gasteiger charge is -2.29. The molecule has 1 aromatic carbocycles. The average molecular weight is 343 g/mol. The Bertz CT molecular complexity index is 475. The quantitative estimate of drug-likeness (QED) is 0.467. The lowest BCUT2D eigenvalue weighted by molar-refractivity contribution is -0.384. The van der Waals surface area contributed by atoms with Gasteiger partial charge in [0.15, 0.2) is 0 Å². The number of ether oxygens (including phenoxy) is 1. The molecule has 0 aliphatic carbocycles. The van der Waals surface area contributed by atoms with Gasteiger partial charge in [-0.15, -0.1) is 0 Å². The first-order valence-corrected chi connectivity index (χ1v) is 7.86. The van der Waals surface area contributed by atoms with Gasteiger partial charge >= 0.3 is 0 Å². The Hall–Kier alpha value is -1.14. The normalized spacial score (nSPS) is 18.8. The topological polar surface area (TPSA) is 55.6 Å². The Morgan fingerprint density at radius 1 is 1.55 bits per heavy atom. The molecule has 1 aliphatic rings. The molecule has 0 N–H and O–H groups in total. The largest absolute Gasteiger partial charge is 0.381 e. The van der Waals surface area contributed by atoms with Crippen molar-refractivity contribution in [2.75, 3.05) is 31.7 Å². The summed E-state index contributed by atoms with van der Waals surface area (Å²) in [5, 5.41) is 11.4. The van der Waals surface area contributed by atoms with E-state index in [0.29, 0.717) is 11.2 Å². The van der Waals surface area contributed by atoms with Crippen molar-refractivity contribution < 1.29 is 9.66 Å². The van der Waals surface area contributed by atoms with Gasteiger partial charge in [0, 0.05) is 43.3 Å². The maximum Gasteiger partial charge on any atom is 0.269 e. The van der Waals surface area contributed by atoms with Gasteiger partial charge < -0.3 is 9.64 Å². The van der Waals surface area contributed by atoms with Gasteiger partial charge in [-0.1, -0.05) is 15.9 Å². The fourth-order valence-corrected chi connectivity index (χ4v) is 3.05. The van der Waals surface area contributed by atoms with E-state index < -0.39 is 0 Å². The van der Waals surface area contributed by atoms with E-state index in [1.807, 2.05) is 13.1 Å². The van der Waals surface area contributed by atoms with Crippen LogP contribution in [-0.2, 0) is 10.1 Å². The molecular weight excluding hydrogens is 324 g/mol. The summed E-state index contributed by atoms with van der Waals surface area (Å²) in [7, 11) is 2.03. The van der Waals surface area contributed by atoms with E-state index in [2.05, 4.69) is 20.8 Å². The van der Waals surface area contributed by atoms with Crippen LogP contribution in [0.5, 0.6) is 0 Å². The molecule has 2 rings (SSSR count). The van der Waals surface area contributed by atoms with Crippen molar-refractivity contribution in [3.05, 3.63) is 33.9 Å². The molecule has 0 bridgehead atoms. The van der Waals surface area contributed by atoms with Crippen molar-refractivity contribution in [3.63, 3.8) is 0 Å². The summed E-state index contributed by atoms with van der Waals surface area (Å²) in [6.07, 6.45) is 2.30. The molecule has 1 unspecified atom stereocenters. The van der Waals surface area contributed by atoms with Crippen LogP contribution in [-0.4, -0.2) is 31.7 Å². The second kappa shape index (κ2) is 7.04. The molecule has 1 saturated heterocycles. The van der Waals surface area contributed by atoms with E-state index >= 15 is 0 Å². The van der Waals surface area contributed by atoms with Crippen LogP contribution in [0.4, 0.5) is 11.4 Å². The number of hydrogen-bond acceptors (Lipinski definition) is 4. The Morgan fingerprint density at radius 3 is 2.95 bits per heavy atom. The highest BCUT2D eigenvalue weighted by atomic mass is 79.9. The van der Waals surface area contributed by atoms with Crippen LogP contribution in [0.25, 0.3) is 0 Å². The number of nitro benzene ring substituents is 1. The van der Waals surface area contributed by atoms with E-state index in [1.54, 1.807) is 12.1 Å². The number of hydrogen-bond donors (Lipinski definition) is 0. The van der Waals surface area contributed by atoms with Gasteiger partial charge in [0.2, 0.25) is 0 Å². The van der Waals surface area contributed by atoms with Gasteiger partial charge in [0.1, 0.15) is 0 Å². The first kappa shape index (κ1) is 15.3. The third-order valence-electron chi connectivity index (χ3n) is 3.62. The molecule has 20 heavy (non-hydrogen) atoms. The van der Waals surface area contributed by atoms with Gasteiger partial charge in [-0.2, -0.15) is 0 Å². The number of nitro groups is 1. The second-order valence-corrected chi connectivity index (χ2v) is 5.73. The van der Waals surface area contributed by atoms with Gasteiger partial charge in [0.05, 0.1) is 11.5 Å². The summed E-state index contributed by atoms with van der Waals surface area (Å²) in [5.41, 5.74) is 2.12. The molecule has 1 heterocycles. The predicted octanol–water partition coefficient (Wildman–Crippen LogP) is 3.35. The molecule has 1 atom stereocenters. The summed E-state index contributed by atoms with van der Waals surface area (Å²) < 4.78 is 5.50. The van der Waals surface area contributed by atoms with E-state index in [9.17, 15) is 10.1 Å². The first-order chi connectivity index (χ1) is 9.61. The van der Waals surface area contributed by atoms with Crippen LogP contribution >= 0.6 is 15.9 Å². The van der Waals surface area contributed by atoms with Gasteiger partial charge in [-0.25, -0.2) is 0 Å². The van der Waals surface area contributed by atoms with E-state index in [1.165, 1.54) is 6.42 Å². The third kappa shape index (κ3) is 3.70. The Balaban J connectivity index is 2.11. The standard InChI is InChI=1S/C14H19BrN2O3/c1-16(9-11-3-2-6-20-10-11)14-5-4-13(17(18)19)7-12(14)8-15/h4-5,7,11H,2-3,6,8-10H2,1H3. The molecule has 0 saturated carbocycles. The highest BCUT2D eigenvalue weighted by molar-refractivity contribution is 9.08. The maximum absolute atomic E-state index is 10.8. The molecule has 0 amide bonds. The number of anilines is 1. The number of halogens is 1. The molecule has 1 aliphatic heterocycles. The zero-order chi connectivity index (χ0) is 14.5. The van der Waals surface area contributed by atoms with Crippen molar-refractivity contribution in [1.82, 2.24) is 0 Å². The fraction of sp³-hybridized carbons (Fsp3) is 0.571.